The summed E-state index contributed by atoms with van der Waals surface area (Å²) >= 11 is 1.83. The number of para-hydroxylation sites is 1. The summed E-state index contributed by atoms with van der Waals surface area (Å²) in [5, 5.41) is 6.76. The zero-order valence-corrected chi connectivity index (χ0v) is 11.8. The Morgan fingerprint density at radius 3 is 2.89 bits per heavy atom. The number of rotatable bonds is 4. The van der Waals surface area contributed by atoms with Crippen LogP contribution in [-0.2, 0) is 0 Å². The molecule has 2 heterocycles. The van der Waals surface area contributed by atoms with Crippen LogP contribution in [-0.4, -0.2) is 25.5 Å². The molecule has 0 radical (unpaired) electrons. The van der Waals surface area contributed by atoms with Crippen molar-refractivity contribution in [2.45, 2.75) is 6.92 Å². The zero-order valence-electron chi connectivity index (χ0n) is 10.9. The number of nitrogens with zero attached hydrogens (tertiary/aromatic N) is 1. The molecular weight excluding hydrogens is 254 g/mol. The molecule has 3 nitrogen and oxygen atoms in total. The smallest absolute Gasteiger partial charge is 0.116 e. The lowest BCUT2D eigenvalue weighted by atomic mass is 10.1. The fourth-order valence-corrected chi connectivity index (χ4v) is 3.08. The Morgan fingerprint density at radius 1 is 1.26 bits per heavy atom. The van der Waals surface area contributed by atoms with Crippen LogP contribution in [0.5, 0.6) is 0 Å². The first-order valence-electron chi connectivity index (χ1n) is 6.50. The monoisotopic (exact) mass is 271 g/mol. The lowest BCUT2D eigenvalue weighted by Gasteiger charge is -2.11. The summed E-state index contributed by atoms with van der Waals surface area (Å²) < 4.78 is 0. The average Bonchev–Trinajstić information content (AvgIpc) is 3.08. The van der Waals surface area contributed by atoms with E-state index < -0.39 is 0 Å². The SMILES string of the molecule is Cc1ccc(-c2ccccc2NCC2=NCCN2)s1. The number of amidine groups is 1. The van der Waals surface area contributed by atoms with Gasteiger partial charge < -0.3 is 10.6 Å². The molecule has 3 rings (SSSR count). The van der Waals surface area contributed by atoms with Gasteiger partial charge in [0.15, 0.2) is 0 Å². The van der Waals surface area contributed by atoms with Gasteiger partial charge >= 0.3 is 0 Å². The summed E-state index contributed by atoms with van der Waals surface area (Å²) in [7, 11) is 0. The van der Waals surface area contributed by atoms with Crippen LogP contribution in [0.2, 0.25) is 0 Å². The second-order valence-corrected chi connectivity index (χ2v) is 5.85. The summed E-state index contributed by atoms with van der Waals surface area (Å²) in [5.74, 6) is 1.05. The van der Waals surface area contributed by atoms with Crippen molar-refractivity contribution in [2.75, 3.05) is 25.0 Å². The molecule has 1 aliphatic heterocycles. The van der Waals surface area contributed by atoms with Crippen molar-refractivity contribution in [2.24, 2.45) is 4.99 Å². The zero-order chi connectivity index (χ0) is 13.1. The highest BCUT2D eigenvalue weighted by Gasteiger charge is 2.08. The van der Waals surface area contributed by atoms with Crippen molar-refractivity contribution in [1.82, 2.24) is 5.32 Å². The van der Waals surface area contributed by atoms with Crippen molar-refractivity contribution in [3.05, 3.63) is 41.3 Å². The van der Waals surface area contributed by atoms with Gasteiger partial charge in [-0.1, -0.05) is 18.2 Å². The topological polar surface area (TPSA) is 36.4 Å². The average molecular weight is 271 g/mol. The van der Waals surface area contributed by atoms with Crippen LogP contribution in [0.25, 0.3) is 10.4 Å². The minimum Gasteiger partial charge on any atom is -0.377 e. The molecule has 0 unspecified atom stereocenters. The number of anilines is 1. The number of aliphatic imine (C=N–C) groups is 1. The summed E-state index contributed by atoms with van der Waals surface area (Å²) in [6.07, 6.45) is 0. The molecule has 2 N–H and O–H groups in total. The largest absolute Gasteiger partial charge is 0.377 e. The minimum absolute atomic E-state index is 0.765. The normalized spacial score (nSPS) is 14.1. The van der Waals surface area contributed by atoms with Gasteiger partial charge in [0.1, 0.15) is 5.84 Å². The van der Waals surface area contributed by atoms with Crippen LogP contribution in [0.3, 0.4) is 0 Å². The van der Waals surface area contributed by atoms with Crippen LogP contribution in [0.15, 0.2) is 41.4 Å². The van der Waals surface area contributed by atoms with Gasteiger partial charge in [-0.3, -0.25) is 4.99 Å². The molecule has 0 saturated heterocycles. The summed E-state index contributed by atoms with van der Waals surface area (Å²) in [6, 6.07) is 12.8. The highest BCUT2D eigenvalue weighted by Crippen LogP contribution is 2.33. The van der Waals surface area contributed by atoms with Crippen molar-refractivity contribution < 1.29 is 0 Å². The molecule has 0 saturated carbocycles. The Balaban J connectivity index is 1.81. The second kappa shape index (κ2) is 5.45. The van der Waals surface area contributed by atoms with E-state index in [-0.39, 0.29) is 0 Å². The van der Waals surface area contributed by atoms with E-state index in [1.165, 1.54) is 21.0 Å². The van der Waals surface area contributed by atoms with E-state index in [4.69, 9.17) is 0 Å². The van der Waals surface area contributed by atoms with Gasteiger partial charge in [-0.15, -0.1) is 11.3 Å². The van der Waals surface area contributed by atoms with Crippen LogP contribution >= 0.6 is 11.3 Å². The summed E-state index contributed by atoms with van der Waals surface area (Å²) in [4.78, 5) is 7.05. The fourth-order valence-electron chi connectivity index (χ4n) is 2.18. The number of thiophene rings is 1. The molecule has 19 heavy (non-hydrogen) atoms. The molecule has 1 aromatic carbocycles. The molecule has 0 fully saturated rings. The number of benzene rings is 1. The summed E-state index contributed by atoms with van der Waals surface area (Å²) in [5.41, 5.74) is 2.43. The van der Waals surface area contributed by atoms with Crippen molar-refractivity contribution >= 4 is 22.9 Å². The van der Waals surface area contributed by atoms with Crippen molar-refractivity contribution in [1.29, 1.82) is 0 Å². The van der Waals surface area contributed by atoms with Crippen LogP contribution in [0, 0.1) is 6.92 Å². The third-order valence-corrected chi connectivity index (χ3v) is 4.16. The standard InChI is InChI=1S/C15H17N3S/c1-11-6-7-14(19-11)12-4-2-3-5-13(12)18-10-15-16-8-9-17-15/h2-7,18H,8-10H2,1H3,(H,16,17). The molecule has 0 spiro atoms. The molecule has 0 aliphatic carbocycles. The third-order valence-electron chi connectivity index (χ3n) is 3.12. The van der Waals surface area contributed by atoms with E-state index in [2.05, 4.69) is 58.9 Å². The maximum absolute atomic E-state index is 4.40. The Morgan fingerprint density at radius 2 is 2.16 bits per heavy atom. The highest BCUT2D eigenvalue weighted by molar-refractivity contribution is 7.15. The highest BCUT2D eigenvalue weighted by atomic mass is 32.1. The number of aryl methyl sites for hydroxylation is 1. The predicted molar refractivity (Wildman–Crippen MR) is 83.3 cm³/mol. The molecule has 2 aromatic rings. The van der Waals surface area contributed by atoms with E-state index in [0.717, 1.165) is 25.5 Å². The van der Waals surface area contributed by atoms with E-state index in [9.17, 15) is 0 Å². The lowest BCUT2D eigenvalue weighted by molar-refractivity contribution is 0.956. The Bertz CT molecular complexity index is 601. The van der Waals surface area contributed by atoms with E-state index in [0.29, 0.717) is 0 Å². The second-order valence-electron chi connectivity index (χ2n) is 4.56. The van der Waals surface area contributed by atoms with E-state index >= 15 is 0 Å². The Kier molecular flexibility index (Phi) is 3.51. The van der Waals surface area contributed by atoms with Gasteiger partial charge in [0.05, 0.1) is 13.1 Å². The third kappa shape index (κ3) is 2.79. The van der Waals surface area contributed by atoms with Gasteiger partial charge in [0.25, 0.3) is 0 Å². The van der Waals surface area contributed by atoms with Crippen molar-refractivity contribution in [3.63, 3.8) is 0 Å². The molecule has 0 bridgehead atoms. The number of hydrogen-bond donors (Lipinski definition) is 2. The minimum atomic E-state index is 0.765. The number of nitrogens with one attached hydrogen (secondary N) is 2. The maximum Gasteiger partial charge on any atom is 0.116 e. The number of hydrogen-bond acceptors (Lipinski definition) is 4. The molecule has 1 aliphatic rings. The van der Waals surface area contributed by atoms with Gasteiger partial charge in [0.2, 0.25) is 0 Å². The van der Waals surface area contributed by atoms with Crippen LogP contribution in [0.1, 0.15) is 4.88 Å². The van der Waals surface area contributed by atoms with Gasteiger partial charge in [0, 0.05) is 27.5 Å². The van der Waals surface area contributed by atoms with Gasteiger partial charge in [-0.2, -0.15) is 0 Å². The van der Waals surface area contributed by atoms with Gasteiger partial charge in [-0.25, -0.2) is 0 Å². The molecule has 0 amide bonds. The first kappa shape index (κ1) is 12.2. The fraction of sp³-hybridized carbons (Fsp3) is 0.267. The first-order chi connectivity index (χ1) is 9.33. The van der Waals surface area contributed by atoms with E-state index in [1.807, 2.05) is 11.3 Å². The van der Waals surface area contributed by atoms with Gasteiger partial charge in [-0.05, 0) is 25.1 Å². The van der Waals surface area contributed by atoms with E-state index in [1.54, 1.807) is 0 Å². The molecule has 1 aromatic heterocycles. The Labute approximate surface area is 117 Å². The van der Waals surface area contributed by atoms with Crippen LogP contribution < -0.4 is 10.6 Å². The van der Waals surface area contributed by atoms with Crippen molar-refractivity contribution in [3.8, 4) is 10.4 Å². The molecular formula is C15H17N3S. The predicted octanol–water partition coefficient (Wildman–Crippen LogP) is 3.14. The van der Waals surface area contributed by atoms with Crippen LogP contribution in [0.4, 0.5) is 5.69 Å². The molecule has 98 valence electrons. The summed E-state index contributed by atoms with van der Waals surface area (Å²) in [6.45, 7) is 4.76. The Hall–Kier alpha value is -1.81. The molecule has 4 heteroatoms. The lowest BCUT2D eigenvalue weighted by Crippen LogP contribution is -2.26. The maximum atomic E-state index is 4.40. The quantitative estimate of drug-likeness (QED) is 0.896. The molecule has 0 atom stereocenters. The first-order valence-corrected chi connectivity index (χ1v) is 7.31.